The maximum absolute atomic E-state index is 13.0. The summed E-state index contributed by atoms with van der Waals surface area (Å²) in [5.74, 6) is -0.658. The number of aryl methyl sites for hydroxylation is 1. The molecule has 0 spiro atoms. The van der Waals surface area contributed by atoms with Crippen LogP contribution in [0.1, 0.15) is 31.4 Å². The summed E-state index contributed by atoms with van der Waals surface area (Å²) in [6, 6.07) is 15.6. The number of hydrogen-bond acceptors (Lipinski definition) is 3. The fourth-order valence-electron chi connectivity index (χ4n) is 3.66. The molecule has 0 bridgehead atoms. The lowest BCUT2D eigenvalue weighted by Crippen LogP contribution is -2.47. The van der Waals surface area contributed by atoms with E-state index in [1.54, 1.807) is 12.4 Å². The van der Waals surface area contributed by atoms with Crippen molar-refractivity contribution in [1.29, 1.82) is 0 Å². The summed E-state index contributed by atoms with van der Waals surface area (Å²) in [5, 5.41) is 8.82. The number of rotatable bonds is 4. The molecule has 2 unspecified atom stereocenters. The van der Waals surface area contributed by atoms with Gasteiger partial charge in [0.05, 0.1) is 5.41 Å². The zero-order chi connectivity index (χ0) is 18.9. The van der Waals surface area contributed by atoms with E-state index in [1.165, 1.54) is 16.0 Å². The van der Waals surface area contributed by atoms with Gasteiger partial charge in [0.2, 0.25) is 5.91 Å². The van der Waals surface area contributed by atoms with Gasteiger partial charge in [-0.25, -0.2) is 5.48 Å². The number of hydroxylamine groups is 1. The normalized spacial score (nSPS) is 20.9. The number of amides is 2. The van der Waals surface area contributed by atoms with Gasteiger partial charge in [0.1, 0.15) is 6.04 Å². The second kappa shape index (κ2) is 6.92. The highest BCUT2D eigenvalue weighted by Crippen LogP contribution is 2.37. The van der Waals surface area contributed by atoms with Crippen LogP contribution in [0.25, 0.3) is 11.1 Å². The summed E-state index contributed by atoms with van der Waals surface area (Å²) < 4.78 is 0. The number of carbonyl (C=O) groups excluding carboxylic acids is 2. The molecule has 0 saturated carbocycles. The summed E-state index contributed by atoms with van der Waals surface area (Å²) in [6.07, 6.45) is 0.637. The van der Waals surface area contributed by atoms with E-state index < -0.39 is 17.4 Å². The molecule has 1 fully saturated rings. The molecular weight excluding hydrogens is 328 g/mol. The summed E-state index contributed by atoms with van der Waals surface area (Å²) >= 11 is 0. The minimum absolute atomic E-state index is 0.0859. The SMILES string of the molecule is Cc1ccccc1-c1ccc(C2(C)CCN(C(C)C(=O)NO)C2=O)cc1. The maximum atomic E-state index is 13.0. The molecule has 0 aliphatic carbocycles. The number of nitrogens with one attached hydrogen (secondary N) is 1. The lowest BCUT2D eigenvalue weighted by atomic mass is 9.80. The van der Waals surface area contributed by atoms with Crippen molar-refractivity contribution >= 4 is 11.8 Å². The molecule has 2 aromatic rings. The van der Waals surface area contributed by atoms with E-state index in [9.17, 15) is 9.59 Å². The molecule has 1 heterocycles. The van der Waals surface area contributed by atoms with Crippen LogP contribution >= 0.6 is 0 Å². The van der Waals surface area contributed by atoms with Crippen LogP contribution in [-0.4, -0.2) is 34.5 Å². The fraction of sp³-hybridized carbons (Fsp3) is 0.333. The zero-order valence-electron chi connectivity index (χ0n) is 15.3. The topological polar surface area (TPSA) is 69.6 Å². The molecule has 0 radical (unpaired) electrons. The van der Waals surface area contributed by atoms with Gasteiger partial charge in [-0.2, -0.15) is 0 Å². The Morgan fingerprint density at radius 2 is 1.85 bits per heavy atom. The predicted octanol–water partition coefficient (Wildman–Crippen LogP) is 3.05. The van der Waals surface area contributed by atoms with Crippen LogP contribution in [0.15, 0.2) is 48.5 Å². The largest absolute Gasteiger partial charge is 0.330 e. The molecule has 1 aliphatic rings. The van der Waals surface area contributed by atoms with Crippen LogP contribution in [0.4, 0.5) is 0 Å². The quantitative estimate of drug-likeness (QED) is 0.656. The predicted molar refractivity (Wildman–Crippen MR) is 99.7 cm³/mol. The minimum Gasteiger partial charge on any atom is -0.330 e. The molecule has 2 atom stereocenters. The van der Waals surface area contributed by atoms with Crippen molar-refractivity contribution in [3.63, 3.8) is 0 Å². The Morgan fingerprint density at radius 3 is 2.46 bits per heavy atom. The molecule has 2 N–H and O–H groups in total. The molecule has 1 saturated heterocycles. The second-order valence-corrected chi connectivity index (χ2v) is 7.12. The smallest absolute Gasteiger partial charge is 0.265 e. The Morgan fingerprint density at radius 1 is 1.19 bits per heavy atom. The molecule has 0 aromatic heterocycles. The van der Waals surface area contributed by atoms with Crippen molar-refractivity contribution in [3.8, 4) is 11.1 Å². The fourth-order valence-corrected chi connectivity index (χ4v) is 3.66. The highest BCUT2D eigenvalue weighted by Gasteiger charge is 2.46. The first kappa shape index (κ1) is 18.1. The third kappa shape index (κ3) is 2.99. The van der Waals surface area contributed by atoms with E-state index in [-0.39, 0.29) is 5.91 Å². The number of nitrogens with zero attached hydrogens (tertiary/aromatic N) is 1. The van der Waals surface area contributed by atoms with Gasteiger partial charge in [-0.15, -0.1) is 0 Å². The number of likely N-dealkylation sites (tertiary alicyclic amines) is 1. The van der Waals surface area contributed by atoms with E-state index in [1.807, 2.05) is 43.3 Å². The van der Waals surface area contributed by atoms with Gasteiger partial charge in [-0.05, 0) is 49.4 Å². The summed E-state index contributed by atoms with van der Waals surface area (Å²) in [7, 11) is 0. The number of carbonyl (C=O) groups is 2. The number of hydrogen-bond donors (Lipinski definition) is 2. The Hall–Kier alpha value is -2.66. The molecule has 5 heteroatoms. The second-order valence-electron chi connectivity index (χ2n) is 7.12. The average Bonchev–Trinajstić information content (AvgIpc) is 2.97. The summed E-state index contributed by atoms with van der Waals surface area (Å²) in [4.78, 5) is 26.2. The van der Waals surface area contributed by atoms with Crippen molar-refractivity contribution in [3.05, 3.63) is 59.7 Å². The maximum Gasteiger partial charge on any atom is 0.265 e. The van der Waals surface area contributed by atoms with Crippen LogP contribution in [0.5, 0.6) is 0 Å². The molecule has 5 nitrogen and oxygen atoms in total. The summed E-state index contributed by atoms with van der Waals surface area (Å²) in [6.45, 7) is 6.11. The first-order valence-electron chi connectivity index (χ1n) is 8.80. The van der Waals surface area contributed by atoms with Crippen LogP contribution < -0.4 is 5.48 Å². The van der Waals surface area contributed by atoms with E-state index in [0.717, 1.165) is 11.1 Å². The lowest BCUT2D eigenvalue weighted by Gasteiger charge is -2.27. The van der Waals surface area contributed by atoms with Crippen LogP contribution in [0.2, 0.25) is 0 Å². The Balaban J connectivity index is 1.86. The first-order valence-corrected chi connectivity index (χ1v) is 8.80. The van der Waals surface area contributed by atoms with Crippen molar-refractivity contribution < 1.29 is 14.8 Å². The van der Waals surface area contributed by atoms with E-state index in [4.69, 9.17) is 5.21 Å². The molecule has 2 aromatic carbocycles. The molecule has 136 valence electrons. The molecule has 2 amide bonds. The van der Waals surface area contributed by atoms with Gasteiger partial charge >= 0.3 is 0 Å². The number of benzene rings is 2. The standard InChI is InChI=1S/C21H24N2O3/c1-14-6-4-5-7-18(14)16-8-10-17(11-9-16)21(3)12-13-23(20(21)25)15(2)19(24)22-26/h4-11,15,26H,12-13H2,1-3H3,(H,22,24). The third-order valence-corrected chi connectivity index (χ3v) is 5.52. The molecular formula is C21H24N2O3. The van der Waals surface area contributed by atoms with E-state index in [0.29, 0.717) is 13.0 Å². The van der Waals surface area contributed by atoms with Gasteiger partial charge in [0.15, 0.2) is 0 Å². The van der Waals surface area contributed by atoms with Crippen molar-refractivity contribution in [2.45, 2.75) is 38.6 Å². The minimum atomic E-state index is -0.694. The highest BCUT2D eigenvalue weighted by molar-refractivity contribution is 5.94. The zero-order valence-corrected chi connectivity index (χ0v) is 15.3. The Kier molecular flexibility index (Phi) is 4.83. The van der Waals surface area contributed by atoms with Gasteiger partial charge in [0, 0.05) is 6.54 Å². The average molecular weight is 352 g/mol. The molecule has 26 heavy (non-hydrogen) atoms. The van der Waals surface area contributed by atoms with Crippen LogP contribution in [-0.2, 0) is 15.0 Å². The Bertz CT molecular complexity index is 831. The summed E-state index contributed by atoms with van der Waals surface area (Å²) in [5.41, 5.74) is 5.41. The van der Waals surface area contributed by atoms with Gasteiger partial charge in [0.25, 0.3) is 5.91 Å². The lowest BCUT2D eigenvalue weighted by molar-refractivity contribution is -0.143. The highest BCUT2D eigenvalue weighted by atomic mass is 16.5. The third-order valence-electron chi connectivity index (χ3n) is 5.52. The van der Waals surface area contributed by atoms with Crippen LogP contribution in [0.3, 0.4) is 0 Å². The molecule has 3 rings (SSSR count). The van der Waals surface area contributed by atoms with Gasteiger partial charge < -0.3 is 4.90 Å². The molecule has 1 aliphatic heterocycles. The van der Waals surface area contributed by atoms with Gasteiger partial charge in [-0.3, -0.25) is 14.8 Å². The Labute approximate surface area is 153 Å². The first-order chi connectivity index (χ1) is 12.4. The van der Waals surface area contributed by atoms with E-state index in [2.05, 4.69) is 19.1 Å². The van der Waals surface area contributed by atoms with Gasteiger partial charge in [-0.1, -0.05) is 48.5 Å². The van der Waals surface area contributed by atoms with Crippen molar-refractivity contribution in [2.75, 3.05) is 6.54 Å². The van der Waals surface area contributed by atoms with E-state index >= 15 is 0 Å². The van der Waals surface area contributed by atoms with Crippen LogP contribution in [0, 0.1) is 6.92 Å². The van der Waals surface area contributed by atoms with Crippen molar-refractivity contribution in [1.82, 2.24) is 10.4 Å². The van der Waals surface area contributed by atoms with Crippen molar-refractivity contribution in [2.24, 2.45) is 0 Å². The monoisotopic (exact) mass is 352 g/mol.